The van der Waals surface area contributed by atoms with E-state index in [1.807, 2.05) is 0 Å². The number of carbonyl (C=O) groups excluding carboxylic acids is 2. The van der Waals surface area contributed by atoms with E-state index >= 15 is 0 Å². The number of ether oxygens (including phenoxy) is 2. The fraction of sp³-hybridized carbons (Fsp3) is 0.826. The zero-order valence-electron chi connectivity index (χ0n) is 36.3. The number of phosphoric acid groups is 1. The maximum absolute atomic E-state index is 12.6. The second kappa shape index (κ2) is 42.8. The van der Waals surface area contributed by atoms with Gasteiger partial charge in [0.1, 0.15) is 6.61 Å². The van der Waals surface area contributed by atoms with E-state index < -0.39 is 26.5 Å². The van der Waals surface area contributed by atoms with Crippen LogP contribution in [0, 0.1) is 0 Å². The van der Waals surface area contributed by atoms with Crippen LogP contribution in [-0.2, 0) is 32.7 Å². The first-order chi connectivity index (χ1) is 27.3. The molecule has 328 valence electrons. The van der Waals surface area contributed by atoms with Crippen molar-refractivity contribution < 1.29 is 37.6 Å². The van der Waals surface area contributed by atoms with Crippen LogP contribution in [0.4, 0.5) is 0 Å². The van der Waals surface area contributed by atoms with Gasteiger partial charge >= 0.3 is 19.8 Å². The third-order valence-corrected chi connectivity index (χ3v) is 10.7. The van der Waals surface area contributed by atoms with Crippen LogP contribution >= 0.6 is 7.82 Å². The molecule has 0 bridgehead atoms. The number of carbonyl (C=O) groups is 2. The normalized spacial score (nSPS) is 13.6. The molecule has 0 rings (SSSR count). The molecule has 0 aliphatic heterocycles. The second-order valence-corrected chi connectivity index (χ2v) is 16.7. The lowest BCUT2D eigenvalue weighted by Crippen LogP contribution is -2.29. The second-order valence-electron chi connectivity index (χ2n) is 15.2. The van der Waals surface area contributed by atoms with Gasteiger partial charge < -0.3 is 19.7 Å². The van der Waals surface area contributed by atoms with Gasteiger partial charge in [0.25, 0.3) is 0 Å². The Labute approximate surface area is 344 Å². The molecule has 2 atom stereocenters. The lowest BCUT2D eigenvalue weighted by molar-refractivity contribution is -0.161. The van der Waals surface area contributed by atoms with Crippen LogP contribution in [0.25, 0.3) is 0 Å². The topological polar surface area (TPSA) is 120 Å². The highest BCUT2D eigenvalue weighted by molar-refractivity contribution is 7.47. The molecular weight excluding hydrogens is 725 g/mol. The van der Waals surface area contributed by atoms with E-state index in [1.54, 1.807) is 7.05 Å². The average Bonchev–Trinajstić information content (AvgIpc) is 3.18. The van der Waals surface area contributed by atoms with Crippen molar-refractivity contribution in [1.82, 2.24) is 5.32 Å². The van der Waals surface area contributed by atoms with Crippen LogP contribution in [0.3, 0.4) is 0 Å². The number of rotatable bonds is 43. The number of phosphoric ester groups is 1. The van der Waals surface area contributed by atoms with Gasteiger partial charge in [-0.15, -0.1) is 0 Å². The number of nitrogens with one attached hydrogen (secondary N) is 1. The summed E-state index contributed by atoms with van der Waals surface area (Å²) in [6.45, 7) is 4.19. The van der Waals surface area contributed by atoms with Gasteiger partial charge in [-0.1, -0.05) is 179 Å². The Kier molecular flexibility index (Phi) is 41.5. The molecule has 0 aromatic heterocycles. The summed E-state index contributed by atoms with van der Waals surface area (Å²) in [7, 11) is -2.66. The van der Waals surface area contributed by atoms with Gasteiger partial charge in [0.2, 0.25) is 0 Å². The number of esters is 2. The highest BCUT2D eigenvalue weighted by Crippen LogP contribution is 2.43. The largest absolute Gasteiger partial charge is 0.472 e. The lowest BCUT2D eigenvalue weighted by atomic mass is 10.0. The molecule has 0 saturated heterocycles. The first-order valence-electron chi connectivity index (χ1n) is 22.9. The Morgan fingerprint density at radius 3 is 1.46 bits per heavy atom. The molecule has 9 nitrogen and oxygen atoms in total. The quantitative estimate of drug-likeness (QED) is 0.0268. The first-order valence-corrected chi connectivity index (χ1v) is 24.4. The predicted molar refractivity (Wildman–Crippen MR) is 234 cm³/mol. The molecule has 0 aromatic rings. The molecule has 2 unspecified atom stereocenters. The molecule has 0 fully saturated rings. The molecule has 0 aromatic carbocycles. The van der Waals surface area contributed by atoms with E-state index in [-0.39, 0.29) is 32.0 Å². The van der Waals surface area contributed by atoms with E-state index in [9.17, 15) is 19.0 Å². The van der Waals surface area contributed by atoms with E-state index in [2.05, 4.69) is 55.6 Å². The van der Waals surface area contributed by atoms with Gasteiger partial charge in [-0.05, 0) is 58.4 Å². The highest BCUT2D eigenvalue weighted by Gasteiger charge is 2.26. The lowest BCUT2D eigenvalue weighted by Gasteiger charge is -2.20. The molecular formula is C46H86NO8P. The summed E-state index contributed by atoms with van der Waals surface area (Å²) in [5, 5.41) is 2.82. The van der Waals surface area contributed by atoms with Crippen molar-refractivity contribution in [3.63, 3.8) is 0 Å². The number of unbranched alkanes of at least 4 members (excludes halogenated alkanes) is 23. The highest BCUT2D eigenvalue weighted by atomic mass is 31.2. The molecule has 0 saturated carbocycles. The maximum Gasteiger partial charge on any atom is 0.472 e. The zero-order chi connectivity index (χ0) is 41.1. The maximum atomic E-state index is 12.6. The van der Waals surface area contributed by atoms with Crippen molar-refractivity contribution in [2.75, 3.05) is 33.4 Å². The smallest absolute Gasteiger partial charge is 0.462 e. The van der Waals surface area contributed by atoms with Gasteiger partial charge in [0, 0.05) is 19.4 Å². The Balaban J connectivity index is 4.22. The van der Waals surface area contributed by atoms with Crippen molar-refractivity contribution in [3.8, 4) is 0 Å². The minimum Gasteiger partial charge on any atom is -0.462 e. The van der Waals surface area contributed by atoms with E-state index in [1.165, 1.54) is 116 Å². The Morgan fingerprint density at radius 2 is 0.964 bits per heavy atom. The average molecular weight is 812 g/mol. The number of hydrogen-bond acceptors (Lipinski definition) is 8. The fourth-order valence-corrected chi connectivity index (χ4v) is 7.02. The molecule has 56 heavy (non-hydrogen) atoms. The van der Waals surface area contributed by atoms with Crippen LogP contribution in [0.1, 0.15) is 206 Å². The van der Waals surface area contributed by atoms with Crippen molar-refractivity contribution >= 4 is 19.8 Å². The Bertz CT molecular complexity index is 1020. The Hall–Kier alpha value is -1.77. The summed E-state index contributed by atoms with van der Waals surface area (Å²) in [5.74, 6) is -0.825. The standard InChI is InChI=1S/C46H86NO8P/c1-4-6-8-10-12-14-16-18-20-22-24-26-28-30-32-34-36-38-45(48)52-42-44(43-54-56(50,51)53-41-40-47-3)55-46(49)39-37-35-33-31-29-27-25-23-21-19-17-15-13-11-9-7-5-2/h13,15,19,21,25,27,44,47H,4-12,14,16-18,20,22-24,26,28-43H2,1-3H3,(H,50,51)/b15-13-,21-19-,27-25-. The van der Waals surface area contributed by atoms with Gasteiger partial charge in [-0.3, -0.25) is 18.6 Å². The minimum atomic E-state index is -4.35. The van der Waals surface area contributed by atoms with Crippen LogP contribution in [0.5, 0.6) is 0 Å². The van der Waals surface area contributed by atoms with Gasteiger partial charge in [-0.25, -0.2) is 4.57 Å². The summed E-state index contributed by atoms with van der Waals surface area (Å²) in [6, 6.07) is 0. The van der Waals surface area contributed by atoms with Crippen LogP contribution in [0.2, 0.25) is 0 Å². The summed E-state index contributed by atoms with van der Waals surface area (Å²) >= 11 is 0. The van der Waals surface area contributed by atoms with Crippen molar-refractivity contribution in [2.24, 2.45) is 0 Å². The van der Waals surface area contributed by atoms with Crippen LogP contribution in [0.15, 0.2) is 36.5 Å². The van der Waals surface area contributed by atoms with Crippen molar-refractivity contribution in [3.05, 3.63) is 36.5 Å². The third kappa shape index (κ3) is 41.9. The summed E-state index contributed by atoms with van der Waals surface area (Å²) in [4.78, 5) is 35.1. The monoisotopic (exact) mass is 812 g/mol. The van der Waals surface area contributed by atoms with E-state index in [0.29, 0.717) is 13.0 Å². The summed E-state index contributed by atoms with van der Waals surface area (Å²) in [5.41, 5.74) is 0. The number of likely N-dealkylation sites (N-methyl/N-ethyl adjacent to an activating group) is 1. The molecule has 0 aliphatic rings. The van der Waals surface area contributed by atoms with Crippen molar-refractivity contribution in [1.29, 1.82) is 0 Å². The zero-order valence-corrected chi connectivity index (χ0v) is 37.2. The van der Waals surface area contributed by atoms with E-state index in [4.69, 9.17) is 18.5 Å². The summed E-state index contributed by atoms with van der Waals surface area (Å²) in [6.07, 6.45) is 46.1. The molecule has 2 N–H and O–H groups in total. The van der Waals surface area contributed by atoms with Crippen LogP contribution < -0.4 is 5.32 Å². The molecule has 0 radical (unpaired) electrons. The Morgan fingerprint density at radius 1 is 0.554 bits per heavy atom. The SMILES string of the molecule is CCCCC/C=C\C/C=C\C/C=C\CCCCCCC(=O)OC(COC(=O)CCCCCCCCCCCCCCCCCCC)COP(=O)(O)OCCNC. The van der Waals surface area contributed by atoms with E-state index in [0.717, 1.165) is 57.8 Å². The molecule has 0 amide bonds. The van der Waals surface area contributed by atoms with Gasteiger partial charge in [-0.2, -0.15) is 0 Å². The third-order valence-electron chi connectivity index (χ3n) is 9.76. The van der Waals surface area contributed by atoms with Crippen molar-refractivity contribution in [2.45, 2.75) is 213 Å². The first kappa shape index (κ1) is 54.2. The number of allylic oxidation sites excluding steroid dienone is 6. The minimum absolute atomic E-state index is 0.0208. The predicted octanol–water partition coefficient (Wildman–Crippen LogP) is 13.2. The molecule has 0 heterocycles. The van der Waals surface area contributed by atoms with Gasteiger partial charge in [0.05, 0.1) is 13.2 Å². The molecule has 0 spiro atoms. The number of hydrogen-bond donors (Lipinski definition) is 2. The van der Waals surface area contributed by atoms with Crippen LogP contribution in [-0.4, -0.2) is 56.3 Å². The molecule has 10 heteroatoms. The fourth-order valence-electron chi connectivity index (χ4n) is 6.27. The van der Waals surface area contributed by atoms with Gasteiger partial charge in [0.15, 0.2) is 6.10 Å². The summed E-state index contributed by atoms with van der Waals surface area (Å²) < 4.78 is 33.2. The molecule has 0 aliphatic carbocycles.